The third kappa shape index (κ3) is 2.78. The lowest BCUT2D eigenvalue weighted by molar-refractivity contribution is 0.176. The highest BCUT2D eigenvalue weighted by molar-refractivity contribution is 6.09. The first kappa shape index (κ1) is 14.1. The normalized spacial score (nSPS) is 12.9. The summed E-state index contributed by atoms with van der Waals surface area (Å²) in [6.45, 7) is 3.66. The number of hydrogen-bond donors (Lipinski definition) is 2. The van der Waals surface area contributed by atoms with Gasteiger partial charge in [-0.15, -0.1) is 0 Å². The molecular weight excluding hydrogens is 258 g/mol. The molecule has 0 spiro atoms. The molecule has 0 saturated carbocycles. The zero-order valence-corrected chi connectivity index (χ0v) is 12.3. The van der Waals surface area contributed by atoms with Crippen LogP contribution < -0.4 is 5.32 Å². The number of rotatable bonds is 5. The predicted octanol–water partition coefficient (Wildman–Crippen LogP) is 4.03. The van der Waals surface area contributed by atoms with Gasteiger partial charge in [0.1, 0.15) is 0 Å². The zero-order valence-electron chi connectivity index (χ0n) is 12.3. The largest absolute Gasteiger partial charge is 0.387 e. The van der Waals surface area contributed by atoms with Crippen molar-refractivity contribution in [1.29, 1.82) is 0 Å². The third-order valence-electron chi connectivity index (χ3n) is 3.92. The van der Waals surface area contributed by atoms with E-state index >= 15 is 0 Å². The van der Waals surface area contributed by atoms with Crippen LogP contribution >= 0.6 is 0 Å². The summed E-state index contributed by atoms with van der Waals surface area (Å²) in [6, 6.07) is 18.8. The van der Waals surface area contributed by atoms with E-state index in [-0.39, 0.29) is 0 Å². The number of nitrogens with one attached hydrogen (secondary N) is 1. The molecule has 0 aliphatic carbocycles. The van der Waals surface area contributed by atoms with Gasteiger partial charge in [-0.3, -0.25) is 0 Å². The van der Waals surface area contributed by atoms with Gasteiger partial charge >= 0.3 is 0 Å². The average Bonchev–Trinajstić information content (AvgIpc) is 2.54. The van der Waals surface area contributed by atoms with Crippen LogP contribution in [0.25, 0.3) is 21.5 Å². The van der Waals surface area contributed by atoms with Gasteiger partial charge in [-0.25, -0.2) is 0 Å². The van der Waals surface area contributed by atoms with E-state index in [1.165, 1.54) is 16.2 Å². The fourth-order valence-electron chi connectivity index (χ4n) is 2.88. The van der Waals surface area contributed by atoms with Gasteiger partial charge in [-0.2, -0.15) is 0 Å². The number of fused-ring (bicyclic) bond motifs is 3. The van der Waals surface area contributed by atoms with Gasteiger partial charge in [0, 0.05) is 6.54 Å². The van der Waals surface area contributed by atoms with Crippen LogP contribution in [-0.2, 0) is 0 Å². The molecule has 0 aromatic heterocycles. The summed E-state index contributed by atoms with van der Waals surface area (Å²) in [6.07, 6.45) is 0.594. The monoisotopic (exact) mass is 279 g/mol. The second-order valence-electron chi connectivity index (χ2n) is 5.45. The second kappa shape index (κ2) is 6.25. The van der Waals surface area contributed by atoms with Crippen molar-refractivity contribution in [3.8, 4) is 0 Å². The molecule has 21 heavy (non-hydrogen) atoms. The minimum Gasteiger partial charge on any atom is -0.387 e. The lowest BCUT2D eigenvalue weighted by atomic mass is 9.94. The fraction of sp³-hybridized carbons (Fsp3) is 0.263. The van der Waals surface area contributed by atoms with E-state index in [2.05, 4.69) is 54.7 Å². The van der Waals surface area contributed by atoms with Gasteiger partial charge in [0.2, 0.25) is 0 Å². The maximum Gasteiger partial charge on any atom is 0.0920 e. The van der Waals surface area contributed by atoms with Crippen molar-refractivity contribution in [1.82, 2.24) is 5.32 Å². The Morgan fingerprint density at radius 1 is 0.952 bits per heavy atom. The number of aliphatic hydroxyl groups is 1. The molecule has 2 heteroatoms. The molecule has 0 bridgehead atoms. The highest BCUT2D eigenvalue weighted by Gasteiger charge is 2.13. The van der Waals surface area contributed by atoms with Crippen LogP contribution in [0, 0.1) is 0 Å². The summed E-state index contributed by atoms with van der Waals surface area (Å²) >= 11 is 0. The first-order chi connectivity index (χ1) is 10.3. The van der Waals surface area contributed by atoms with Crippen molar-refractivity contribution in [2.24, 2.45) is 0 Å². The molecule has 0 aliphatic heterocycles. The molecule has 1 atom stereocenters. The zero-order chi connectivity index (χ0) is 14.7. The van der Waals surface area contributed by atoms with Crippen LogP contribution in [0.1, 0.15) is 25.0 Å². The Labute approximate surface area is 125 Å². The van der Waals surface area contributed by atoms with Gasteiger partial charge in [-0.05, 0) is 46.1 Å². The minimum absolute atomic E-state index is 0.481. The Bertz CT molecular complexity index is 751. The number of hydrogen-bond acceptors (Lipinski definition) is 2. The second-order valence-corrected chi connectivity index (χ2v) is 5.45. The molecule has 2 nitrogen and oxygen atoms in total. The average molecular weight is 279 g/mol. The molecule has 2 N–H and O–H groups in total. The number of benzene rings is 3. The van der Waals surface area contributed by atoms with Gasteiger partial charge in [-0.1, -0.05) is 55.5 Å². The SMILES string of the molecule is CCCNC[C@H](O)c1cc2ccccc2c2ccccc12. The molecule has 0 amide bonds. The van der Waals surface area contributed by atoms with Crippen molar-refractivity contribution in [3.63, 3.8) is 0 Å². The quantitative estimate of drug-likeness (QED) is 0.546. The van der Waals surface area contributed by atoms with Crippen molar-refractivity contribution in [3.05, 3.63) is 60.2 Å². The third-order valence-corrected chi connectivity index (χ3v) is 3.92. The van der Waals surface area contributed by atoms with Gasteiger partial charge in [0.25, 0.3) is 0 Å². The van der Waals surface area contributed by atoms with E-state index in [9.17, 15) is 5.11 Å². The lowest BCUT2D eigenvalue weighted by Crippen LogP contribution is -2.22. The van der Waals surface area contributed by atoms with Crippen molar-refractivity contribution >= 4 is 21.5 Å². The highest BCUT2D eigenvalue weighted by atomic mass is 16.3. The topological polar surface area (TPSA) is 32.3 Å². The molecule has 0 unspecified atom stereocenters. The maximum atomic E-state index is 10.5. The Morgan fingerprint density at radius 2 is 1.62 bits per heavy atom. The van der Waals surface area contributed by atoms with Crippen LogP contribution in [0.15, 0.2) is 54.6 Å². The summed E-state index contributed by atoms with van der Waals surface area (Å²) in [4.78, 5) is 0. The van der Waals surface area contributed by atoms with E-state index in [1.807, 2.05) is 12.1 Å². The molecule has 0 aliphatic rings. The molecule has 0 radical (unpaired) electrons. The minimum atomic E-state index is -0.481. The first-order valence-electron chi connectivity index (χ1n) is 7.60. The summed E-state index contributed by atoms with van der Waals surface area (Å²) in [5.41, 5.74) is 1.01. The van der Waals surface area contributed by atoms with Crippen LogP contribution in [0.5, 0.6) is 0 Å². The molecule has 3 aromatic carbocycles. The Morgan fingerprint density at radius 3 is 2.38 bits per heavy atom. The smallest absolute Gasteiger partial charge is 0.0920 e. The molecule has 0 saturated heterocycles. The summed E-state index contributed by atoms with van der Waals surface area (Å²) in [5.74, 6) is 0. The van der Waals surface area contributed by atoms with E-state index in [0.29, 0.717) is 6.54 Å². The molecule has 0 heterocycles. The number of aliphatic hydroxyl groups excluding tert-OH is 1. The molecule has 3 rings (SSSR count). The van der Waals surface area contributed by atoms with Crippen LogP contribution in [-0.4, -0.2) is 18.2 Å². The Balaban J connectivity index is 2.11. The predicted molar refractivity (Wildman–Crippen MR) is 89.6 cm³/mol. The maximum absolute atomic E-state index is 10.5. The van der Waals surface area contributed by atoms with E-state index in [0.717, 1.165) is 23.9 Å². The van der Waals surface area contributed by atoms with Gasteiger partial charge in [0.15, 0.2) is 0 Å². The molecule has 3 aromatic rings. The van der Waals surface area contributed by atoms with Crippen molar-refractivity contribution in [2.45, 2.75) is 19.4 Å². The highest BCUT2D eigenvalue weighted by Crippen LogP contribution is 2.31. The van der Waals surface area contributed by atoms with Crippen LogP contribution in [0.4, 0.5) is 0 Å². The molecule has 0 fully saturated rings. The Hall–Kier alpha value is -1.90. The van der Waals surface area contributed by atoms with Gasteiger partial charge in [0.05, 0.1) is 6.10 Å². The summed E-state index contributed by atoms with van der Waals surface area (Å²) < 4.78 is 0. The lowest BCUT2D eigenvalue weighted by Gasteiger charge is -2.16. The fourth-order valence-corrected chi connectivity index (χ4v) is 2.88. The van der Waals surface area contributed by atoms with Crippen LogP contribution in [0.2, 0.25) is 0 Å². The summed E-state index contributed by atoms with van der Waals surface area (Å²) in [7, 11) is 0. The van der Waals surface area contributed by atoms with E-state index < -0.39 is 6.10 Å². The Kier molecular flexibility index (Phi) is 4.18. The summed E-state index contributed by atoms with van der Waals surface area (Å²) in [5, 5.41) is 18.6. The standard InChI is InChI=1S/C19H21NO/c1-2-11-20-13-19(21)18-12-14-7-3-4-8-15(14)16-9-5-6-10-17(16)18/h3-10,12,19-21H,2,11,13H2,1H3/t19-/m0/s1. The van der Waals surface area contributed by atoms with Crippen molar-refractivity contribution in [2.75, 3.05) is 13.1 Å². The van der Waals surface area contributed by atoms with Gasteiger partial charge < -0.3 is 10.4 Å². The van der Waals surface area contributed by atoms with Crippen molar-refractivity contribution < 1.29 is 5.11 Å². The van der Waals surface area contributed by atoms with E-state index in [1.54, 1.807) is 0 Å². The molecule has 108 valence electrons. The first-order valence-corrected chi connectivity index (χ1v) is 7.60. The van der Waals surface area contributed by atoms with E-state index in [4.69, 9.17) is 0 Å². The van der Waals surface area contributed by atoms with Crippen LogP contribution in [0.3, 0.4) is 0 Å². The molecular formula is C19H21NO.